The minimum absolute atomic E-state index is 0.365. The van der Waals surface area contributed by atoms with E-state index in [-0.39, 0.29) is 0 Å². The molecule has 0 spiro atoms. The Morgan fingerprint density at radius 1 is 1.30 bits per heavy atom. The van der Waals surface area contributed by atoms with Crippen molar-refractivity contribution >= 4 is 18.5 Å². The lowest BCUT2D eigenvalue weighted by atomic mass is 10.4. The van der Waals surface area contributed by atoms with E-state index in [0.29, 0.717) is 12.8 Å². The summed E-state index contributed by atoms with van der Waals surface area (Å²) in [4.78, 5) is 27.8. The van der Waals surface area contributed by atoms with Crippen molar-refractivity contribution in [3.8, 4) is 0 Å². The van der Waals surface area contributed by atoms with Crippen LogP contribution in [0.15, 0.2) is 0 Å². The highest BCUT2D eigenvalue weighted by Crippen LogP contribution is 1.72. The quantitative estimate of drug-likeness (QED) is 0.457. The molecule has 0 heterocycles. The van der Waals surface area contributed by atoms with Gasteiger partial charge in [0, 0.05) is 19.8 Å². The van der Waals surface area contributed by atoms with Crippen molar-refractivity contribution in [3.05, 3.63) is 0 Å². The molecule has 10 heavy (non-hydrogen) atoms. The molecule has 0 aliphatic rings. The van der Waals surface area contributed by atoms with Gasteiger partial charge >= 0.3 is 0 Å². The van der Waals surface area contributed by atoms with Crippen LogP contribution in [0.4, 0.5) is 0 Å². The highest BCUT2D eigenvalue weighted by Gasteiger charge is 1.74. The SMILES string of the molecule is CC(=O)O.O=CCCC=O. The summed E-state index contributed by atoms with van der Waals surface area (Å²) in [6, 6.07) is 0. The van der Waals surface area contributed by atoms with Crippen molar-refractivity contribution in [2.24, 2.45) is 0 Å². The molecule has 0 saturated carbocycles. The average molecular weight is 146 g/mol. The summed E-state index contributed by atoms with van der Waals surface area (Å²) in [6.07, 6.45) is 2.19. The molecule has 0 radical (unpaired) electrons. The summed E-state index contributed by atoms with van der Waals surface area (Å²) < 4.78 is 0. The van der Waals surface area contributed by atoms with Crippen molar-refractivity contribution < 1.29 is 19.5 Å². The molecule has 0 aromatic carbocycles. The maximum absolute atomic E-state index is 9.40. The van der Waals surface area contributed by atoms with Crippen LogP contribution < -0.4 is 0 Å². The van der Waals surface area contributed by atoms with Gasteiger partial charge in [0.15, 0.2) is 0 Å². The van der Waals surface area contributed by atoms with Gasteiger partial charge in [0.1, 0.15) is 12.6 Å². The lowest BCUT2D eigenvalue weighted by Crippen LogP contribution is -1.78. The van der Waals surface area contributed by atoms with Crippen molar-refractivity contribution in [1.29, 1.82) is 0 Å². The fourth-order valence-electron chi connectivity index (χ4n) is 0.136. The number of hydrogen-bond donors (Lipinski definition) is 1. The number of aldehydes is 2. The van der Waals surface area contributed by atoms with Crippen LogP contribution in [0, 0.1) is 0 Å². The van der Waals surface area contributed by atoms with Crippen LogP contribution in [-0.2, 0) is 14.4 Å². The fourth-order valence-corrected chi connectivity index (χ4v) is 0.136. The van der Waals surface area contributed by atoms with E-state index >= 15 is 0 Å². The third-order valence-corrected chi connectivity index (χ3v) is 0.402. The molecular formula is C6H10O4. The molecule has 0 unspecified atom stereocenters. The van der Waals surface area contributed by atoms with E-state index in [9.17, 15) is 9.59 Å². The number of unbranched alkanes of at least 4 members (excludes halogenated alkanes) is 1. The fraction of sp³-hybridized carbons (Fsp3) is 0.500. The standard InChI is InChI=1S/C4H6O2.C2H4O2/c5-3-1-2-4-6;1-2(3)4/h3-4H,1-2H2;1H3,(H,3,4). The molecule has 0 aliphatic carbocycles. The lowest BCUT2D eigenvalue weighted by Gasteiger charge is -1.68. The van der Waals surface area contributed by atoms with E-state index in [0.717, 1.165) is 19.5 Å². The van der Waals surface area contributed by atoms with Gasteiger partial charge in [0.2, 0.25) is 0 Å². The van der Waals surface area contributed by atoms with E-state index in [2.05, 4.69) is 0 Å². The van der Waals surface area contributed by atoms with Crippen LogP contribution >= 0.6 is 0 Å². The molecule has 0 amide bonds. The van der Waals surface area contributed by atoms with Gasteiger partial charge in [-0.25, -0.2) is 0 Å². The smallest absolute Gasteiger partial charge is 0.300 e. The van der Waals surface area contributed by atoms with Gasteiger partial charge in [-0.2, -0.15) is 0 Å². The second-order valence-corrected chi connectivity index (χ2v) is 1.43. The molecule has 0 saturated heterocycles. The molecular weight excluding hydrogens is 136 g/mol. The number of carbonyl (C=O) groups is 3. The van der Waals surface area contributed by atoms with Gasteiger partial charge in [-0.3, -0.25) is 4.79 Å². The minimum Gasteiger partial charge on any atom is -0.481 e. The maximum atomic E-state index is 9.40. The molecule has 0 rings (SSSR count). The zero-order valence-electron chi connectivity index (χ0n) is 5.74. The van der Waals surface area contributed by atoms with E-state index in [1.54, 1.807) is 0 Å². The Hall–Kier alpha value is -1.19. The third kappa shape index (κ3) is 70.2. The topological polar surface area (TPSA) is 71.4 Å². The monoisotopic (exact) mass is 146 g/mol. The molecule has 0 bridgehead atoms. The number of carbonyl (C=O) groups excluding carboxylic acids is 2. The molecule has 58 valence electrons. The van der Waals surface area contributed by atoms with E-state index < -0.39 is 5.97 Å². The van der Waals surface area contributed by atoms with Gasteiger partial charge < -0.3 is 14.7 Å². The second kappa shape index (κ2) is 10.7. The molecule has 0 aromatic rings. The van der Waals surface area contributed by atoms with Gasteiger partial charge in [-0.1, -0.05) is 0 Å². The van der Waals surface area contributed by atoms with Crippen LogP contribution in [0.3, 0.4) is 0 Å². The van der Waals surface area contributed by atoms with Crippen LogP contribution in [-0.4, -0.2) is 23.6 Å². The van der Waals surface area contributed by atoms with Crippen molar-refractivity contribution in [2.45, 2.75) is 19.8 Å². The average Bonchev–Trinajstić information content (AvgIpc) is 1.82. The lowest BCUT2D eigenvalue weighted by molar-refractivity contribution is -0.134. The molecule has 0 fully saturated rings. The summed E-state index contributed by atoms with van der Waals surface area (Å²) >= 11 is 0. The van der Waals surface area contributed by atoms with Crippen molar-refractivity contribution in [3.63, 3.8) is 0 Å². The molecule has 4 heteroatoms. The summed E-state index contributed by atoms with van der Waals surface area (Å²) in [5.74, 6) is -0.833. The normalized spacial score (nSPS) is 6.90. The molecule has 1 N–H and O–H groups in total. The van der Waals surface area contributed by atoms with Crippen LogP contribution in [0.5, 0.6) is 0 Å². The Morgan fingerprint density at radius 3 is 1.60 bits per heavy atom. The molecule has 0 atom stereocenters. The number of carboxylic acids is 1. The Balaban J connectivity index is 0. The second-order valence-electron chi connectivity index (χ2n) is 1.43. The van der Waals surface area contributed by atoms with Gasteiger partial charge in [-0.15, -0.1) is 0 Å². The van der Waals surface area contributed by atoms with Crippen LogP contribution in [0.1, 0.15) is 19.8 Å². The van der Waals surface area contributed by atoms with Crippen LogP contribution in [0.25, 0.3) is 0 Å². The molecule has 0 aliphatic heterocycles. The number of carboxylic acid groups (broad SMARTS) is 1. The summed E-state index contributed by atoms with van der Waals surface area (Å²) in [5, 5.41) is 7.42. The number of hydrogen-bond acceptors (Lipinski definition) is 3. The maximum Gasteiger partial charge on any atom is 0.300 e. The highest BCUT2D eigenvalue weighted by atomic mass is 16.4. The number of rotatable bonds is 3. The first-order chi connectivity index (χ1) is 4.65. The zero-order valence-corrected chi connectivity index (χ0v) is 5.74. The van der Waals surface area contributed by atoms with Gasteiger partial charge in [0.25, 0.3) is 5.97 Å². The van der Waals surface area contributed by atoms with Crippen LogP contribution in [0.2, 0.25) is 0 Å². The van der Waals surface area contributed by atoms with Gasteiger partial charge in [-0.05, 0) is 0 Å². The summed E-state index contributed by atoms with van der Waals surface area (Å²) in [5.41, 5.74) is 0. The Kier molecular flexibility index (Phi) is 12.4. The van der Waals surface area contributed by atoms with E-state index in [4.69, 9.17) is 9.90 Å². The summed E-state index contributed by atoms with van der Waals surface area (Å²) in [7, 11) is 0. The third-order valence-electron chi connectivity index (χ3n) is 0.402. The minimum atomic E-state index is -0.833. The largest absolute Gasteiger partial charge is 0.481 e. The Morgan fingerprint density at radius 2 is 1.50 bits per heavy atom. The summed E-state index contributed by atoms with van der Waals surface area (Å²) in [6.45, 7) is 1.08. The first-order valence-electron chi connectivity index (χ1n) is 2.72. The first-order valence-corrected chi connectivity index (χ1v) is 2.72. The van der Waals surface area contributed by atoms with Gasteiger partial charge in [0.05, 0.1) is 0 Å². The molecule has 4 nitrogen and oxygen atoms in total. The predicted octanol–water partition coefficient (Wildman–Crippen LogP) is 0.255. The Bertz CT molecular complexity index is 96.3. The van der Waals surface area contributed by atoms with Crippen molar-refractivity contribution in [1.82, 2.24) is 0 Å². The zero-order chi connectivity index (χ0) is 8.41. The first kappa shape index (κ1) is 11.6. The molecule has 0 aromatic heterocycles. The predicted molar refractivity (Wildman–Crippen MR) is 34.7 cm³/mol. The Labute approximate surface area is 58.8 Å². The van der Waals surface area contributed by atoms with E-state index in [1.165, 1.54) is 0 Å². The number of aliphatic carboxylic acids is 1. The highest BCUT2D eigenvalue weighted by molar-refractivity contribution is 5.62. The van der Waals surface area contributed by atoms with Crippen molar-refractivity contribution in [2.75, 3.05) is 0 Å². The van der Waals surface area contributed by atoms with E-state index in [1.807, 2.05) is 0 Å².